The molecule has 0 aliphatic carbocycles. The summed E-state index contributed by atoms with van der Waals surface area (Å²) in [5, 5.41) is 18.5. The maximum absolute atomic E-state index is 12.7. The molecule has 0 saturated carbocycles. The lowest BCUT2D eigenvalue weighted by molar-refractivity contribution is -0.116. The molecule has 44 heavy (non-hydrogen) atoms. The SMILES string of the molecule is C=CC(=O)C(/C=[SiH]/CC#N)CCN(CCC)c1nc(OC[C@@H]2CCCN2C)nc(CC)c1CCCCc1cnccc1C#N. The first-order chi connectivity index (χ1) is 21.4. The fourth-order valence-corrected chi connectivity index (χ4v) is 6.69. The number of unbranched alkanes of at least 4 members (excludes halogenated alkanes) is 1. The van der Waals surface area contributed by atoms with Crippen molar-refractivity contribution >= 4 is 26.4 Å². The molecule has 2 aromatic rings. The van der Waals surface area contributed by atoms with Crippen LogP contribution in [0, 0.1) is 28.6 Å². The van der Waals surface area contributed by atoms with Gasteiger partial charge in [0.05, 0.1) is 23.4 Å². The van der Waals surface area contributed by atoms with Crippen LogP contribution in [-0.4, -0.2) is 79.8 Å². The first-order valence-electron chi connectivity index (χ1n) is 16.0. The summed E-state index contributed by atoms with van der Waals surface area (Å²) in [5.41, 5.74) is 5.82. The summed E-state index contributed by atoms with van der Waals surface area (Å²) in [6, 6.07) is 7.49. The van der Waals surface area contributed by atoms with Crippen LogP contribution in [0.1, 0.15) is 74.8 Å². The smallest absolute Gasteiger partial charge is 0.318 e. The number of likely N-dealkylation sites (tertiary alicyclic amines) is 1. The van der Waals surface area contributed by atoms with Gasteiger partial charge in [-0.05, 0) is 89.1 Å². The molecule has 2 atom stereocenters. The van der Waals surface area contributed by atoms with E-state index in [1.807, 2.05) is 5.67 Å². The molecular weight excluding hydrogens is 567 g/mol. The van der Waals surface area contributed by atoms with Gasteiger partial charge in [0, 0.05) is 58.2 Å². The zero-order valence-corrected chi connectivity index (χ0v) is 27.8. The first kappa shape index (κ1) is 34.8. The van der Waals surface area contributed by atoms with E-state index >= 15 is 0 Å². The molecule has 2 aromatic heterocycles. The van der Waals surface area contributed by atoms with Gasteiger partial charge in [0.1, 0.15) is 12.4 Å². The van der Waals surface area contributed by atoms with Crippen molar-refractivity contribution in [3.05, 3.63) is 53.5 Å². The highest BCUT2D eigenvalue weighted by molar-refractivity contribution is 6.49. The monoisotopic (exact) mass is 613 g/mol. The van der Waals surface area contributed by atoms with E-state index in [9.17, 15) is 10.1 Å². The minimum absolute atomic E-state index is 0.000826. The zero-order chi connectivity index (χ0) is 31.7. The standard InChI is InChI=1S/C34H47N7O2Si/c1-5-18-41(20-15-28(32(42)7-3)25-44-21-16-35)33-30(13-9-8-11-27-23-37-17-14-26(27)22-36)31(6-2)38-34(39-33)43-24-29-12-10-19-40(29)4/h7,14,17,23,25,28-29,44H,3,5-6,8-13,15,18-21,24H2,1-2,4H3/b44-25+/t28?,29-/m0/s1. The number of anilines is 1. The van der Waals surface area contributed by atoms with Gasteiger partial charge < -0.3 is 14.5 Å². The Morgan fingerprint density at radius 1 is 1.27 bits per heavy atom. The van der Waals surface area contributed by atoms with Crippen LogP contribution in [0.3, 0.4) is 0 Å². The number of ether oxygens (including phenoxy) is 1. The number of pyridine rings is 1. The fourth-order valence-electron chi connectivity index (χ4n) is 5.74. The number of allylic oxidation sites excluding steroid dienone is 1. The molecule has 0 spiro atoms. The summed E-state index contributed by atoms with van der Waals surface area (Å²) >= 11 is 0. The Balaban J connectivity index is 1.88. The third-order valence-corrected chi connectivity index (χ3v) is 9.41. The van der Waals surface area contributed by atoms with Gasteiger partial charge in [-0.1, -0.05) is 26.1 Å². The van der Waals surface area contributed by atoms with Gasteiger partial charge in [-0.2, -0.15) is 20.5 Å². The highest BCUT2D eigenvalue weighted by Crippen LogP contribution is 2.28. The highest BCUT2D eigenvalue weighted by atomic mass is 28.2. The number of nitriles is 2. The van der Waals surface area contributed by atoms with Crippen molar-refractivity contribution in [3.63, 3.8) is 0 Å². The molecule has 1 aliphatic rings. The van der Waals surface area contributed by atoms with Crippen LogP contribution in [-0.2, 0) is 24.1 Å². The Kier molecular flexibility index (Phi) is 14.9. The summed E-state index contributed by atoms with van der Waals surface area (Å²) < 4.78 is 6.25. The molecule has 1 saturated heterocycles. The van der Waals surface area contributed by atoms with Crippen LogP contribution in [0.25, 0.3) is 0 Å². The van der Waals surface area contributed by atoms with Gasteiger partial charge in [-0.3, -0.25) is 9.78 Å². The van der Waals surface area contributed by atoms with Crippen molar-refractivity contribution in [2.24, 2.45) is 5.92 Å². The molecule has 0 N–H and O–H groups in total. The minimum Gasteiger partial charge on any atom is -0.462 e. The second kappa shape index (κ2) is 18.8. The number of hydrogen-bond acceptors (Lipinski definition) is 9. The Bertz CT molecular complexity index is 1350. The summed E-state index contributed by atoms with van der Waals surface area (Å²) in [6.45, 7) is 11.1. The third kappa shape index (κ3) is 10.2. The van der Waals surface area contributed by atoms with Crippen molar-refractivity contribution < 1.29 is 9.53 Å². The number of hydrogen-bond donors (Lipinski definition) is 0. The molecule has 1 unspecified atom stereocenters. The quantitative estimate of drug-likeness (QED) is 0.128. The fraction of sp³-hybridized carbons (Fsp3) is 0.559. The number of aromatic nitrogens is 3. The molecule has 9 nitrogen and oxygen atoms in total. The molecule has 0 radical (unpaired) electrons. The van der Waals surface area contributed by atoms with E-state index < -0.39 is 0 Å². The molecular formula is C34H47N7O2Si. The van der Waals surface area contributed by atoms with Gasteiger partial charge in [-0.15, -0.1) is 0 Å². The first-order valence-corrected chi connectivity index (χ1v) is 17.4. The third-order valence-electron chi connectivity index (χ3n) is 8.26. The summed E-state index contributed by atoms with van der Waals surface area (Å²) in [4.78, 5) is 31.5. The normalized spacial score (nSPS) is 15.5. The molecule has 0 bridgehead atoms. The van der Waals surface area contributed by atoms with Gasteiger partial charge in [0.15, 0.2) is 5.78 Å². The van der Waals surface area contributed by atoms with Crippen LogP contribution in [0.15, 0.2) is 31.1 Å². The number of carbonyl (C=O) groups excluding carboxylic acids is 1. The molecule has 0 aromatic carbocycles. The lowest BCUT2D eigenvalue weighted by Crippen LogP contribution is -2.32. The van der Waals surface area contributed by atoms with Crippen LogP contribution in [0.4, 0.5) is 5.82 Å². The van der Waals surface area contributed by atoms with Gasteiger partial charge in [0.2, 0.25) is 0 Å². The van der Waals surface area contributed by atoms with Crippen LogP contribution in [0.5, 0.6) is 6.01 Å². The molecule has 234 valence electrons. The second-order valence-corrected chi connectivity index (χ2v) is 12.6. The topological polar surface area (TPSA) is 119 Å². The minimum atomic E-state index is -0.256. The van der Waals surface area contributed by atoms with E-state index in [1.54, 1.807) is 18.5 Å². The average Bonchev–Trinajstić information content (AvgIpc) is 3.47. The Labute approximate surface area is 265 Å². The predicted molar refractivity (Wildman–Crippen MR) is 178 cm³/mol. The van der Waals surface area contributed by atoms with E-state index in [0.29, 0.717) is 43.2 Å². The lowest BCUT2D eigenvalue weighted by Gasteiger charge is -2.28. The van der Waals surface area contributed by atoms with Crippen molar-refractivity contribution in [2.45, 2.75) is 83.7 Å². The summed E-state index contributed by atoms with van der Waals surface area (Å²) in [5.74, 6) is 0.635. The summed E-state index contributed by atoms with van der Waals surface area (Å²) in [6.07, 6.45) is 12.9. The molecule has 10 heteroatoms. The van der Waals surface area contributed by atoms with Gasteiger partial charge >= 0.3 is 6.01 Å². The second-order valence-electron chi connectivity index (χ2n) is 11.3. The molecule has 0 amide bonds. The lowest BCUT2D eigenvalue weighted by atomic mass is 9.99. The van der Waals surface area contributed by atoms with E-state index in [2.05, 4.69) is 54.4 Å². The summed E-state index contributed by atoms with van der Waals surface area (Å²) in [7, 11) is 1.92. The van der Waals surface area contributed by atoms with Crippen molar-refractivity contribution in [3.8, 4) is 18.1 Å². The maximum Gasteiger partial charge on any atom is 0.318 e. The van der Waals surface area contributed by atoms with Gasteiger partial charge in [-0.25, -0.2) is 0 Å². The number of likely N-dealkylation sites (N-methyl/N-ethyl adjacent to an activating group) is 1. The molecule has 1 aliphatic heterocycles. The van der Waals surface area contributed by atoms with E-state index in [0.717, 1.165) is 80.7 Å². The Morgan fingerprint density at radius 2 is 2.09 bits per heavy atom. The Morgan fingerprint density at radius 3 is 2.77 bits per heavy atom. The zero-order valence-electron chi connectivity index (χ0n) is 26.7. The van der Waals surface area contributed by atoms with Gasteiger partial charge in [0.25, 0.3) is 0 Å². The number of aryl methyl sites for hydroxylation is 2. The van der Waals surface area contributed by atoms with Crippen LogP contribution >= 0.6 is 0 Å². The molecule has 3 heterocycles. The van der Waals surface area contributed by atoms with Crippen LogP contribution < -0.4 is 9.64 Å². The number of ketones is 1. The Hall–Kier alpha value is -3.73. The molecule has 3 rings (SSSR count). The van der Waals surface area contributed by atoms with E-state index in [4.69, 9.17) is 20.0 Å². The van der Waals surface area contributed by atoms with E-state index in [-0.39, 0.29) is 20.8 Å². The van der Waals surface area contributed by atoms with E-state index in [1.165, 1.54) is 12.5 Å². The van der Waals surface area contributed by atoms with Crippen molar-refractivity contribution in [2.75, 3.05) is 38.2 Å². The molecule has 1 fully saturated rings. The number of nitrogens with zero attached hydrogens (tertiary/aromatic N) is 7. The number of carbonyl (C=O) groups is 1. The van der Waals surface area contributed by atoms with Crippen molar-refractivity contribution in [1.82, 2.24) is 19.9 Å². The van der Waals surface area contributed by atoms with Crippen molar-refractivity contribution in [1.29, 1.82) is 10.5 Å². The average molecular weight is 614 g/mol. The predicted octanol–water partition coefficient (Wildman–Crippen LogP) is 4.50. The largest absolute Gasteiger partial charge is 0.462 e. The number of rotatable bonds is 19. The maximum atomic E-state index is 12.7. The highest BCUT2D eigenvalue weighted by Gasteiger charge is 2.24. The van der Waals surface area contributed by atoms with Crippen LogP contribution in [0.2, 0.25) is 6.04 Å².